The van der Waals surface area contributed by atoms with Crippen molar-refractivity contribution in [2.45, 2.75) is 19.3 Å². The molecule has 1 saturated heterocycles. The molecule has 2 atom stereocenters. The van der Waals surface area contributed by atoms with Gasteiger partial charge in [-0.2, -0.15) is 11.3 Å². The van der Waals surface area contributed by atoms with E-state index in [1.165, 1.54) is 6.20 Å². The first kappa shape index (κ1) is 24.2. The van der Waals surface area contributed by atoms with Crippen LogP contribution in [0.3, 0.4) is 0 Å². The highest BCUT2D eigenvalue weighted by molar-refractivity contribution is 7.08. The maximum absolute atomic E-state index is 13.2. The summed E-state index contributed by atoms with van der Waals surface area (Å²) in [7, 11) is 1.56. The number of ketones is 1. The van der Waals surface area contributed by atoms with Crippen LogP contribution < -0.4 is 4.74 Å². The molecule has 0 unspecified atom stereocenters. The minimum Gasteiger partial charge on any atom is -0.497 e. The van der Waals surface area contributed by atoms with Gasteiger partial charge in [-0.25, -0.2) is 0 Å². The quantitative estimate of drug-likeness (QED) is 0.366. The Kier molecular flexibility index (Phi) is 7.84. The Balaban J connectivity index is 1.42. The Morgan fingerprint density at radius 3 is 2.94 bits per heavy atom. The number of piperidine rings is 1. The van der Waals surface area contributed by atoms with Gasteiger partial charge in [0.25, 0.3) is 0 Å². The summed E-state index contributed by atoms with van der Waals surface area (Å²) in [4.78, 5) is 31.6. The summed E-state index contributed by atoms with van der Waals surface area (Å²) >= 11 is 7.96. The number of carbonyl (C=O) groups is 2. The predicted octanol–water partition coefficient (Wildman–Crippen LogP) is 5.00. The minimum atomic E-state index is -0.829. The number of carboxylic acids is 1. The highest BCUT2D eigenvalue weighted by Crippen LogP contribution is 2.32. The van der Waals surface area contributed by atoms with Gasteiger partial charge in [0.1, 0.15) is 5.75 Å². The lowest BCUT2D eigenvalue weighted by molar-refractivity contribution is -0.146. The van der Waals surface area contributed by atoms with Gasteiger partial charge in [-0.15, -0.1) is 0 Å². The van der Waals surface area contributed by atoms with Crippen molar-refractivity contribution in [3.8, 4) is 17.6 Å². The molecule has 0 spiro atoms. The van der Waals surface area contributed by atoms with Crippen molar-refractivity contribution in [2.24, 2.45) is 11.8 Å². The number of aliphatic carboxylic acids is 1. The van der Waals surface area contributed by atoms with E-state index in [2.05, 4.69) is 21.7 Å². The van der Waals surface area contributed by atoms with E-state index < -0.39 is 11.9 Å². The second-order valence-electron chi connectivity index (χ2n) is 8.37. The van der Waals surface area contributed by atoms with Crippen molar-refractivity contribution in [1.82, 2.24) is 9.88 Å². The summed E-state index contributed by atoms with van der Waals surface area (Å²) in [5.74, 6) is 5.32. The van der Waals surface area contributed by atoms with Crippen LogP contribution in [-0.4, -0.2) is 53.5 Å². The number of rotatable bonds is 7. The number of Topliss-reactive ketones (excluding diaryl/α,β-unsaturated/α-hetero) is 1. The normalized spacial score (nSPS) is 18.3. The van der Waals surface area contributed by atoms with Crippen LogP contribution in [0.15, 0.2) is 41.2 Å². The standard InChI is InChI=1S/C26H25ClN2O4S/c1-33-19-5-6-23-20(13-19)25(22(27)14-28-23)24(30)7-4-18-8-11-29(15-21(18)26(31)32)10-2-3-17-9-12-34-16-17/h5-6,9,12-14,16,18,21H,4,7-8,10-11,15H2,1H3,(H,31,32)/t18-,21+/m0/s1. The molecule has 3 aromatic rings. The summed E-state index contributed by atoms with van der Waals surface area (Å²) < 4.78 is 5.29. The third-order valence-corrected chi connectivity index (χ3v) is 7.23. The molecular weight excluding hydrogens is 472 g/mol. The Morgan fingerprint density at radius 2 is 2.21 bits per heavy atom. The van der Waals surface area contributed by atoms with Crippen LogP contribution in [0.25, 0.3) is 10.9 Å². The molecule has 3 heterocycles. The molecule has 0 bridgehead atoms. The lowest BCUT2D eigenvalue weighted by atomic mass is 9.81. The van der Waals surface area contributed by atoms with Gasteiger partial charge in [0, 0.05) is 41.1 Å². The highest BCUT2D eigenvalue weighted by atomic mass is 35.5. The summed E-state index contributed by atoms with van der Waals surface area (Å²) in [5.41, 5.74) is 2.06. The van der Waals surface area contributed by atoms with Gasteiger partial charge in [0.05, 0.1) is 30.1 Å². The molecule has 8 heteroatoms. The first-order valence-electron chi connectivity index (χ1n) is 11.1. The molecule has 1 aliphatic heterocycles. The zero-order valence-electron chi connectivity index (χ0n) is 18.8. The van der Waals surface area contributed by atoms with Crippen molar-refractivity contribution in [3.63, 3.8) is 0 Å². The summed E-state index contributed by atoms with van der Waals surface area (Å²) in [5, 5.41) is 14.7. The van der Waals surface area contributed by atoms with Crippen LogP contribution in [0.1, 0.15) is 35.2 Å². The van der Waals surface area contributed by atoms with Crippen LogP contribution in [0.5, 0.6) is 5.75 Å². The van der Waals surface area contributed by atoms with E-state index in [0.717, 1.165) is 12.1 Å². The van der Waals surface area contributed by atoms with Gasteiger partial charge in [0.2, 0.25) is 0 Å². The Bertz CT molecular complexity index is 1250. The van der Waals surface area contributed by atoms with E-state index >= 15 is 0 Å². The van der Waals surface area contributed by atoms with Gasteiger partial charge in [-0.05, 0) is 54.9 Å². The number of thiophene rings is 1. The number of nitrogens with zero attached hydrogens (tertiary/aromatic N) is 2. The van der Waals surface area contributed by atoms with Crippen molar-refractivity contribution in [3.05, 3.63) is 57.4 Å². The van der Waals surface area contributed by atoms with Crippen LogP contribution >= 0.6 is 22.9 Å². The zero-order chi connectivity index (χ0) is 24.1. The van der Waals surface area contributed by atoms with Crippen LogP contribution in [0.4, 0.5) is 0 Å². The molecule has 1 aliphatic rings. The first-order chi connectivity index (χ1) is 16.5. The summed E-state index contributed by atoms with van der Waals surface area (Å²) in [6.07, 6.45) is 2.92. The third kappa shape index (κ3) is 5.58. The van der Waals surface area contributed by atoms with Gasteiger partial charge in [-0.3, -0.25) is 19.5 Å². The van der Waals surface area contributed by atoms with Crippen molar-refractivity contribution >= 4 is 45.6 Å². The van der Waals surface area contributed by atoms with E-state index in [4.69, 9.17) is 16.3 Å². The van der Waals surface area contributed by atoms with E-state index in [1.807, 2.05) is 16.8 Å². The fourth-order valence-electron chi connectivity index (χ4n) is 4.43. The Labute approximate surface area is 207 Å². The molecule has 0 aliphatic carbocycles. The molecule has 2 aromatic heterocycles. The number of hydrogen-bond donors (Lipinski definition) is 1. The number of carbonyl (C=O) groups excluding carboxylic acids is 1. The number of fused-ring (bicyclic) bond motifs is 1. The highest BCUT2D eigenvalue weighted by Gasteiger charge is 2.34. The van der Waals surface area contributed by atoms with Gasteiger partial charge < -0.3 is 9.84 Å². The maximum atomic E-state index is 13.2. The van der Waals surface area contributed by atoms with E-state index in [-0.39, 0.29) is 18.1 Å². The molecule has 0 radical (unpaired) electrons. The number of ether oxygens (including phenoxy) is 1. The molecule has 34 heavy (non-hydrogen) atoms. The number of aromatic nitrogens is 1. The lowest BCUT2D eigenvalue weighted by Crippen LogP contribution is -2.44. The molecule has 1 fully saturated rings. The van der Waals surface area contributed by atoms with Crippen LogP contribution in [0.2, 0.25) is 5.02 Å². The number of halogens is 1. The smallest absolute Gasteiger partial charge is 0.308 e. The number of carboxylic acid groups (broad SMARTS) is 1. The fourth-order valence-corrected chi connectivity index (χ4v) is 5.27. The number of pyridine rings is 1. The molecule has 4 rings (SSSR count). The summed E-state index contributed by atoms with van der Waals surface area (Å²) in [6.45, 7) is 1.73. The van der Waals surface area contributed by atoms with Crippen molar-refractivity contribution < 1.29 is 19.4 Å². The fraction of sp³-hybridized carbons (Fsp3) is 0.346. The van der Waals surface area contributed by atoms with E-state index in [0.29, 0.717) is 53.2 Å². The number of hydrogen-bond acceptors (Lipinski definition) is 6. The van der Waals surface area contributed by atoms with Crippen molar-refractivity contribution in [1.29, 1.82) is 0 Å². The number of benzene rings is 1. The molecular formula is C26H25ClN2O4S. The molecule has 1 N–H and O–H groups in total. The second kappa shape index (κ2) is 11.0. The summed E-state index contributed by atoms with van der Waals surface area (Å²) in [6, 6.07) is 7.30. The monoisotopic (exact) mass is 496 g/mol. The molecule has 176 valence electrons. The third-order valence-electron chi connectivity index (χ3n) is 6.26. The van der Waals surface area contributed by atoms with E-state index in [9.17, 15) is 14.7 Å². The van der Waals surface area contributed by atoms with Crippen LogP contribution in [0, 0.1) is 23.7 Å². The molecule has 0 amide bonds. The van der Waals surface area contributed by atoms with Crippen LogP contribution in [-0.2, 0) is 4.79 Å². The first-order valence-corrected chi connectivity index (χ1v) is 12.4. The zero-order valence-corrected chi connectivity index (χ0v) is 20.4. The van der Waals surface area contributed by atoms with Gasteiger partial charge in [0.15, 0.2) is 5.78 Å². The topological polar surface area (TPSA) is 79.7 Å². The minimum absolute atomic E-state index is 0.0797. The Morgan fingerprint density at radius 1 is 1.35 bits per heavy atom. The van der Waals surface area contributed by atoms with Gasteiger partial charge in [-0.1, -0.05) is 23.4 Å². The number of likely N-dealkylation sites (tertiary alicyclic amines) is 1. The maximum Gasteiger partial charge on any atom is 0.308 e. The largest absolute Gasteiger partial charge is 0.497 e. The van der Waals surface area contributed by atoms with Crippen molar-refractivity contribution in [2.75, 3.05) is 26.7 Å². The molecule has 0 saturated carbocycles. The van der Waals surface area contributed by atoms with Gasteiger partial charge >= 0.3 is 5.97 Å². The molecule has 1 aromatic carbocycles. The van der Waals surface area contributed by atoms with E-state index in [1.54, 1.807) is 36.6 Å². The predicted molar refractivity (Wildman–Crippen MR) is 134 cm³/mol. The lowest BCUT2D eigenvalue weighted by Gasteiger charge is -2.35. The molecule has 6 nitrogen and oxygen atoms in total. The Hall–Kier alpha value is -2.92. The number of methoxy groups -OCH3 is 1. The average molecular weight is 497 g/mol. The SMILES string of the molecule is COc1ccc2ncc(Cl)c(C(=O)CC[C@H]3CCN(CC#Cc4ccsc4)C[C@H]3C(=O)O)c2c1. The average Bonchev–Trinajstić information content (AvgIpc) is 3.36. The second-order valence-corrected chi connectivity index (χ2v) is 9.56.